The molecule has 32 valence electrons. The first kappa shape index (κ1) is 4.82. The first-order chi connectivity index (χ1) is 2.27. The Kier molecular flexibility index (Phi) is 2.01. The lowest BCUT2D eigenvalue weighted by atomic mass is 10.8. The zero-order chi connectivity index (χ0) is 4.28. The van der Waals surface area contributed by atoms with Gasteiger partial charge in [-0.15, -0.1) is 0 Å². The average molecular weight is 83.1 g/mol. The summed E-state index contributed by atoms with van der Waals surface area (Å²) < 4.78 is 21.0. The van der Waals surface area contributed by atoms with Crippen LogP contribution in [0.4, 0.5) is 8.78 Å². The highest BCUT2D eigenvalue weighted by Gasteiger charge is 1.92. The van der Waals surface area contributed by atoms with E-state index in [0.29, 0.717) is 0 Å². The van der Waals surface area contributed by atoms with Crippen LogP contribution < -0.4 is 0 Å². The minimum absolute atomic E-state index is 0. The Hall–Kier alpha value is -0.180. The van der Waals surface area contributed by atoms with E-state index in [-0.39, 0.29) is 1.43 Å². The van der Waals surface area contributed by atoms with Crippen molar-refractivity contribution in [1.82, 2.24) is 0 Å². The quantitative estimate of drug-likeness (QED) is 0.485. The van der Waals surface area contributed by atoms with Gasteiger partial charge in [-0.3, -0.25) is 0 Å². The molecule has 0 spiro atoms. The van der Waals surface area contributed by atoms with Gasteiger partial charge in [-0.2, -0.15) is 0 Å². The Morgan fingerprint density at radius 3 is 2.00 bits per heavy atom. The lowest BCUT2D eigenvalue weighted by molar-refractivity contribution is 0.0700. The average Bonchev–Trinajstić information content (AvgIpc) is 1.38. The van der Waals surface area contributed by atoms with Gasteiger partial charge in [0.05, 0.1) is 0 Å². The monoisotopic (exact) mass is 83.0 g/mol. The SMILES string of the molecule is OCC(F)F.[H+]. The molecule has 1 nitrogen and oxygen atoms in total. The number of aliphatic hydroxyl groups excluding tert-OH is 1. The third-order valence-electron chi connectivity index (χ3n) is 0.138. The normalized spacial score (nSPS) is 9.60. The molecule has 0 amide bonds. The fourth-order valence-corrected chi connectivity index (χ4v) is 0. The molecular weight excluding hydrogens is 78.0 g/mol. The van der Waals surface area contributed by atoms with E-state index in [2.05, 4.69) is 0 Å². The zero-order valence-corrected chi connectivity index (χ0v) is 2.49. The lowest BCUT2D eigenvalue weighted by Crippen LogP contribution is -1.94. The molecule has 0 saturated heterocycles. The Labute approximate surface area is 29.7 Å². The van der Waals surface area contributed by atoms with E-state index in [9.17, 15) is 8.78 Å². The third kappa shape index (κ3) is 3.82. The summed E-state index contributed by atoms with van der Waals surface area (Å²) in [6.45, 7) is -1.03. The van der Waals surface area contributed by atoms with Crippen LogP contribution in [0.15, 0.2) is 0 Å². The minimum atomic E-state index is -2.56. The topological polar surface area (TPSA) is 20.2 Å². The summed E-state index contributed by atoms with van der Waals surface area (Å²) in [6.07, 6.45) is -2.56. The maximum absolute atomic E-state index is 10.5. The molecular formula is C2H5F2O+. The molecule has 0 heterocycles. The molecule has 5 heavy (non-hydrogen) atoms. The maximum atomic E-state index is 10.5. The molecule has 0 fully saturated rings. The molecule has 0 aromatic carbocycles. The number of rotatable bonds is 1. The van der Waals surface area contributed by atoms with E-state index in [4.69, 9.17) is 5.11 Å². The van der Waals surface area contributed by atoms with Gasteiger partial charge in [0.15, 0.2) is 0 Å². The van der Waals surface area contributed by atoms with Crippen LogP contribution in [0.1, 0.15) is 1.43 Å². The number of hydrogen-bond acceptors (Lipinski definition) is 1. The Morgan fingerprint density at radius 1 is 1.80 bits per heavy atom. The summed E-state index contributed by atoms with van der Waals surface area (Å²) in [6, 6.07) is 0. The zero-order valence-electron chi connectivity index (χ0n) is 3.49. The van der Waals surface area contributed by atoms with Gasteiger partial charge in [-0.25, -0.2) is 8.78 Å². The van der Waals surface area contributed by atoms with E-state index in [1.807, 2.05) is 0 Å². The van der Waals surface area contributed by atoms with Gasteiger partial charge in [0.2, 0.25) is 0 Å². The molecule has 1 N–H and O–H groups in total. The van der Waals surface area contributed by atoms with Crippen LogP contribution in [0.3, 0.4) is 0 Å². The van der Waals surface area contributed by atoms with Crippen molar-refractivity contribution < 1.29 is 15.3 Å². The summed E-state index contributed by atoms with van der Waals surface area (Å²) in [4.78, 5) is 0. The van der Waals surface area contributed by atoms with Gasteiger partial charge in [-0.1, -0.05) is 0 Å². The molecule has 0 aromatic rings. The fraction of sp³-hybridized carbons (Fsp3) is 1.00. The summed E-state index contributed by atoms with van der Waals surface area (Å²) in [7, 11) is 0. The molecule has 0 aliphatic rings. The Morgan fingerprint density at radius 2 is 2.00 bits per heavy atom. The Bertz CT molecular complexity index is 25.5. The van der Waals surface area contributed by atoms with Gasteiger partial charge in [0.25, 0.3) is 6.43 Å². The second kappa shape index (κ2) is 2.08. The molecule has 3 heteroatoms. The third-order valence-corrected chi connectivity index (χ3v) is 0.138. The van der Waals surface area contributed by atoms with E-state index in [0.717, 1.165) is 0 Å². The predicted molar refractivity (Wildman–Crippen MR) is 14.2 cm³/mol. The van der Waals surface area contributed by atoms with Crippen molar-refractivity contribution >= 4 is 0 Å². The molecule has 0 atom stereocenters. The molecule has 0 aromatic heterocycles. The minimum Gasteiger partial charge on any atom is -0.390 e. The fourth-order valence-electron chi connectivity index (χ4n) is 0. The maximum Gasteiger partial charge on any atom is 1.00 e. The van der Waals surface area contributed by atoms with Gasteiger partial charge in [-0.05, 0) is 0 Å². The molecule has 0 aliphatic carbocycles. The van der Waals surface area contributed by atoms with Crippen LogP contribution in [0.5, 0.6) is 0 Å². The second-order valence-corrected chi connectivity index (χ2v) is 0.574. The van der Waals surface area contributed by atoms with Crippen LogP contribution >= 0.6 is 0 Å². The lowest BCUT2D eigenvalue weighted by Gasteiger charge is -1.81. The first-order valence-electron chi connectivity index (χ1n) is 1.16. The highest BCUT2D eigenvalue weighted by Crippen LogP contribution is 1.84. The van der Waals surface area contributed by atoms with Crippen LogP contribution in [0.2, 0.25) is 0 Å². The van der Waals surface area contributed by atoms with Gasteiger partial charge >= 0.3 is 1.43 Å². The molecule has 0 saturated carbocycles. The van der Waals surface area contributed by atoms with Crippen molar-refractivity contribution in [3.05, 3.63) is 0 Å². The summed E-state index contributed by atoms with van der Waals surface area (Å²) >= 11 is 0. The van der Waals surface area contributed by atoms with E-state index in [1.54, 1.807) is 0 Å². The number of halogens is 2. The van der Waals surface area contributed by atoms with Crippen molar-refractivity contribution in [3.63, 3.8) is 0 Å². The molecule has 0 radical (unpaired) electrons. The van der Waals surface area contributed by atoms with Crippen LogP contribution in [-0.4, -0.2) is 18.1 Å². The molecule has 0 rings (SSSR count). The number of alkyl halides is 2. The standard InChI is InChI=1S/C2H4F2O/c3-2(4)1-5/h2,5H,1H2/p+1. The van der Waals surface area contributed by atoms with Crippen molar-refractivity contribution in [2.75, 3.05) is 6.61 Å². The number of hydrogen-bond donors (Lipinski definition) is 1. The van der Waals surface area contributed by atoms with Crippen molar-refractivity contribution in [3.8, 4) is 0 Å². The molecule has 0 aliphatic heterocycles. The van der Waals surface area contributed by atoms with Gasteiger partial charge in [0.1, 0.15) is 6.61 Å². The van der Waals surface area contributed by atoms with Crippen molar-refractivity contribution in [2.24, 2.45) is 0 Å². The summed E-state index contributed by atoms with van der Waals surface area (Å²) in [5.41, 5.74) is 0. The van der Waals surface area contributed by atoms with Crippen molar-refractivity contribution in [2.45, 2.75) is 6.43 Å². The molecule has 0 unspecified atom stereocenters. The predicted octanol–water partition coefficient (Wildman–Crippen LogP) is 0.356. The van der Waals surface area contributed by atoms with Crippen molar-refractivity contribution in [1.29, 1.82) is 0 Å². The summed E-state index contributed by atoms with van der Waals surface area (Å²) in [5, 5.41) is 7.39. The largest absolute Gasteiger partial charge is 1.00 e. The first-order valence-corrected chi connectivity index (χ1v) is 1.16. The highest BCUT2D eigenvalue weighted by atomic mass is 19.3. The highest BCUT2D eigenvalue weighted by molar-refractivity contribution is 4.22. The van der Waals surface area contributed by atoms with E-state index >= 15 is 0 Å². The number of aliphatic hydroxyl groups is 1. The Balaban J connectivity index is 0. The summed E-state index contributed by atoms with van der Waals surface area (Å²) in [5.74, 6) is 0. The van der Waals surface area contributed by atoms with Gasteiger partial charge < -0.3 is 5.11 Å². The van der Waals surface area contributed by atoms with Crippen LogP contribution in [0, 0.1) is 0 Å². The van der Waals surface area contributed by atoms with Crippen LogP contribution in [0.25, 0.3) is 0 Å². The molecule has 0 bridgehead atoms. The van der Waals surface area contributed by atoms with E-state index in [1.165, 1.54) is 0 Å². The van der Waals surface area contributed by atoms with E-state index < -0.39 is 13.0 Å². The smallest absolute Gasteiger partial charge is 0.390 e. The second-order valence-electron chi connectivity index (χ2n) is 0.574. The van der Waals surface area contributed by atoms with Crippen LogP contribution in [-0.2, 0) is 0 Å². The van der Waals surface area contributed by atoms with Gasteiger partial charge in [0, 0.05) is 0 Å².